The Balaban J connectivity index is 2.47. The predicted octanol–water partition coefficient (Wildman–Crippen LogP) is 2.29. The van der Waals surface area contributed by atoms with E-state index in [0.29, 0.717) is 17.8 Å². The minimum atomic E-state index is -0.0616. The zero-order chi connectivity index (χ0) is 14.9. The molecule has 2 rings (SSSR count). The molecule has 0 aliphatic heterocycles. The van der Waals surface area contributed by atoms with Gasteiger partial charge < -0.3 is 10.6 Å². The van der Waals surface area contributed by atoms with Crippen LogP contribution in [0.15, 0.2) is 24.3 Å². The van der Waals surface area contributed by atoms with Crippen LogP contribution in [-0.2, 0) is 7.05 Å². The number of carbonyl (C=O) groups excluding carboxylic acids is 1. The van der Waals surface area contributed by atoms with Crippen LogP contribution < -0.4 is 10.6 Å². The van der Waals surface area contributed by atoms with Crippen molar-refractivity contribution in [2.75, 3.05) is 17.2 Å². The number of nitrogens with two attached hydrogens (primary N) is 1. The number of carbonyl (C=O) groups is 1. The molecule has 5 nitrogen and oxygen atoms in total. The highest BCUT2D eigenvalue weighted by Crippen LogP contribution is 2.25. The lowest BCUT2D eigenvalue weighted by Gasteiger charge is -2.22. The molecule has 0 bridgehead atoms. The van der Waals surface area contributed by atoms with Gasteiger partial charge in [0.1, 0.15) is 0 Å². The molecule has 2 N–H and O–H groups in total. The van der Waals surface area contributed by atoms with E-state index in [2.05, 4.69) is 5.10 Å². The topological polar surface area (TPSA) is 64.2 Å². The summed E-state index contributed by atoms with van der Waals surface area (Å²) >= 11 is 0. The molecule has 1 aromatic carbocycles. The molecule has 0 atom stereocenters. The number of hydrogen-bond donors (Lipinski definition) is 1. The Morgan fingerprint density at radius 2 is 2.00 bits per heavy atom. The smallest absolute Gasteiger partial charge is 0.262 e. The SMILES string of the molecule is CCN(C(=O)c1c(C)nn(C)c1C)c1ccccc1N. The first-order chi connectivity index (χ1) is 9.47. The summed E-state index contributed by atoms with van der Waals surface area (Å²) < 4.78 is 1.73. The first-order valence-electron chi connectivity index (χ1n) is 6.64. The highest BCUT2D eigenvalue weighted by Gasteiger charge is 2.24. The van der Waals surface area contributed by atoms with E-state index in [1.165, 1.54) is 0 Å². The van der Waals surface area contributed by atoms with E-state index in [1.807, 2.05) is 46.0 Å². The first-order valence-corrected chi connectivity index (χ1v) is 6.64. The van der Waals surface area contributed by atoms with Crippen molar-refractivity contribution < 1.29 is 4.79 Å². The van der Waals surface area contributed by atoms with Gasteiger partial charge in [0.15, 0.2) is 0 Å². The fraction of sp³-hybridized carbons (Fsp3) is 0.333. The molecule has 1 heterocycles. The maximum absolute atomic E-state index is 12.8. The van der Waals surface area contributed by atoms with E-state index in [0.717, 1.165) is 17.1 Å². The van der Waals surface area contributed by atoms with Crippen molar-refractivity contribution in [1.82, 2.24) is 9.78 Å². The van der Waals surface area contributed by atoms with Gasteiger partial charge in [0.05, 0.1) is 22.6 Å². The lowest BCUT2D eigenvalue weighted by Crippen LogP contribution is -2.32. The molecule has 2 aromatic rings. The summed E-state index contributed by atoms with van der Waals surface area (Å²) in [7, 11) is 1.84. The van der Waals surface area contributed by atoms with Gasteiger partial charge in [0.2, 0.25) is 0 Å². The minimum Gasteiger partial charge on any atom is -0.397 e. The van der Waals surface area contributed by atoms with Gasteiger partial charge in [0.25, 0.3) is 5.91 Å². The summed E-state index contributed by atoms with van der Waals surface area (Å²) in [5.41, 5.74) is 9.57. The lowest BCUT2D eigenvalue weighted by atomic mass is 10.1. The van der Waals surface area contributed by atoms with Crippen molar-refractivity contribution in [3.05, 3.63) is 41.2 Å². The third-order valence-electron chi connectivity index (χ3n) is 3.51. The zero-order valence-electron chi connectivity index (χ0n) is 12.3. The van der Waals surface area contributed by atoms with E-state index >= 15 is 0 Å². The maximum atomic E-state index is 12.8. The van der Waals surface area contributed by atoms with Crippen LogP contribution in [0.25, 0.3) is 0 Å². The number of nitrogens with zero attached hydrogens (tertiary/aromatic N) is 3. The number of para-hydroxylation sites is 2. The molecular weight excluding hydrogens is 252 g/mol. The van der Waals surface area contributed by atoms with Crippen LogP contribution in [0.1, 0.15) is 28.7 Å². The molecular formula is C15H20N4O. The Morgan fingerprint density at radius 3 is 2.50 bits per heavy atom. The third kappa shape index (κ3) is 2.27. The average Bonchev–Trinajstić information content (AvgIpc) is 2.66. The van der Waals surface area contributed by atoms with Crippen LogP contribution in [0.5, 0.6) is 0 Å². The quantitative estimate of drug-likeness (QED) is 0.872. The largest absolute Gasteiger partial charge is 0.397 e. The molecule has 0 saturated carbocycles. The normalized spacial score (nSPS) is 10.6. The predicted molar refractivity (Wildman–Crippen MR) is 80.9 cm³/mol. The maximum Gasteiger partial charge on any atom is 0.262 e. The minimum absolute atomic E-state index is 0.0616. The molecule has 20 heavy (non-hydrogen) atoms. The number of hydrogen-bond acceptors (Lipinski definition) is 3. The number of amides is 1. The number of aromatic nitrogens is 2. The Bertz CT molecular complexity index is 645. The zero-order valence-corrected chi connectivity index (χ0v) is 12.3. The molecule has 5 heteroatoms. The first kappa shape index (κ1) is 14.1. The third-order valence-corrected chi connectivity index (χ3v) is 3.51. The van der Waals surface area contributed by atoms with E-state index in [4.69, 9.17) is 5.73 Å². The number of benzene rings is 1. The van der Waals surface area contributed by atoms with Crippen LogP contribution in [0.2, 0.25) is 0 Å². The Morgan fingerprint density at radius 1 is 1.35 bits per heavy atom. The van der Waals surface area contributed by atoms with E-state index in [9.17, 15) is 4.79 Å². The van der Waals surface area contributed by atoms with E-state index in [-0.39, 0.29) is 5.91 Å². The molecule has 0 spiro atoms. The Hall–Kier alpha value is -2.30. The van der Waals surface area contributed by atoms with Gasteiger partial charge in [-0.05, 0) is 32.9 Å². The summed E-state index contributed by atoms with van der Waals surface area (Å²) in [5.74, 6) is -0.0616. The molecule has 0 saturated heterocycles. The standard InChI is InChI=1S/C15H20N4O/c1-5-19(13-9-7-6-8-12(13)16)15(20)14-10(2)17-18(4)11(14)3/h6-9H,5,16H2,1-4H3. The molecule has 1 amide bonds. The van der Waals surface area contributed by atoms with Crippen LogP contribution in [0, 0.1) is 13.8 Å². The Kier molecular flexibility index (Phi) is 3.79. The van der Waals surface area contributed by atoms with E-state index < -0.39 is 0 Å². The summed E-state index contributed by atoms with van der Waals surface area (Å²) in [6.45, 7) is 6.24. The van der Waals surface area contributed by atoms with Gasteiger partial charge in [-0.2, -0.15) is 5.10 Å². The molecule has 0 fully saturated rings. The second-order valence-electron chi connectivity index (χ2n) is 4.78. The van der Waals surface area contributed by atoms with Crippen LogP contribution in [0.4, 0.5) is 11.4 Å². The molecule has 0 aliphatic carbocycles. The number of anilines is 2. The van der Waals surface area contributed by atoms with Crippen LogP contribution in [0.3, 0.4) is 0 Å². The molecule has 0 radical (unpaired) electrons. The van der Waals surface area contributed by atoms with Crippen molar-refractivity contribution in [2.24, 2.45) is 7.05 Å². The number of aryl methyl sites for hydroxylation is 2. The van der Waals surface area contributed by atoms with Crippen molar-refractivity contribution >= 4 is 17.3 Å². The van der Waals surface area contributed by atoms with Gasteiger partial charge in [-0.15, -0.1) is 0 Å². The summed E-state index contributed by atoms with van der Waals surface area (Å²) in [6.07, 6.45) is 0. The second-order valence-corrected chi connectivity index (χ2v) is 4.78. The molecule has 1 aromatic heterocycles. The fourth-order valence-electron chi connectivity index (χ4n) is 2.37. The second kappa shape index (κ2) is 5.36. The van der Waals surface area contributed by atoms with E-state index in [1.54, 1.807) is 15.6 Å². The van der Waals surface area contributed by atoms with Gasteiger partial charge >= 0.3 is 0 Å². The molecule has 106 valence electrons. The van der Waals surface area contributed by atoms with Crippen molar-refractivity contribution in [1.29, 1.82) is 0 Å². The van der Waals surface area contributed by atoms with Crippen LogP contribution >= 0.6 is 0 Å². The van der Waals surface area contributed by atoms with Crippen molar-refractivity contribution in [3.63, 3.8) is 0 Å². The van der Waals surface area contributed by atoms with Crippen LogP contribution in [-0.4, -0.2) is 22.2 Å². The molecule has 0 aliphatic rings. The van der Waals surface area contributed by atoms with Gasteiger partial charge in [-0.3, -0.25) is 9.48 Å². The Labute approximate surface area is 119 Å². The lowest BCUT2D eigenvalue weighted by molar-refractivity contribution is 0.0987. The van der Waals surface area contributed by atoms with Gasteiger partial charge in [0, 0.05) is 19.3 Å². The van der Waals surface area contributed by atoms with Gasteiger partial charge in [-0.25, -0.2) is 0 Å². The average molecular weight is 272 g/mol. The number of rotatable bonds is 3. The fourth-order valence-corrected chi connectivity index (χ4v) is 2.37. The summed E-state index contributed by atoms with van der Waals surface area (Å²) in [5, 5.41) is 4.30. The highest BCUT2D eigenvalue weighted by atomic mass is 16.2. The van der Waals surface area contributed by atoms with Crippen molar-refractivity contribution in [3.8, 4) is 0 Å². The monoisotopic (exact) mass is 272 g/mol. The number of nitrogen functional groups attached to an aromatic ring is 1. The highest BCUT2D eigenvalue weighted by molar-refractivity contribution is 6.08. The van der Waals surface area contributed by atoms with Crippen molar-refractivity contribution in [2.45, 2.75) is 20.8 Å². The van der Waals surface area contributed by atoms with Gasteiger partial charge in [-0.1, -0.05) is 12.1 Å². The summed E-state index contributed by atoms with van der Waals surface area (Å²) in [4.78, 5) is 14.5. The summed E-state index contributed by atoms with van der Waals surface area (Å²) in [6, 6.07) is 7.40. The molecule has 0 unspecified atom stereocenters.